The first-order chi connectivity index (χ1) is 9.58. The highest BCUT2D eigenvalue weighted by Crippen LogP contribution is 2.31. The average molecular weight is 276 g/mol. The number of carbonyl (C=O) groups is 1. The molecule has 2 aliphatic heterocycles. The average Bonchev–Trinajstić information content (AvgIpc) is 3.01. The van der Waals surface area contributed by atoms with E-state index in [0.717, 1.165) is 37.3 Å². The number of nitrogens with one attached hydrogen (secondary N) is 1. The largest absolute Gasteiger partial charge is 0.334 e. The number of nitrogens with zero attached hydrogens (tertiary/aromatic N) is 3. The van der Waals surface area contributed by atoms with E-state index in [2.05, 4.69) is 40.9 Å². The fraction of sp³-hybridized carbons (Fsp3) is 0.733. The Labute approximate surface area is 120 Å². The van der Waals surface area contributed by atoms with E-state index in [0.29, 0.717) is 17.9 Å². The monoisotopic (exact) mass is 276 g/mol. The van der Waals surface area contributed by atoms with E-state index in [4.69, 9.17) is 0 Å². The van der Waals surface area contributed by atoms with E-state index in [-0.39, 0.29) is 5.91 Å². The molecule has 1 N–H and O–H groups in total. The van der Waals surface area contributed by atoms with Crippen molar-refractivity contribution in [2.24, 2.45) is 5.92 Å². The maximum absolute atomic E-state index is 12.9. The fourth-order valence-corrected chi connectivity index (χ4v) is 3.70. The predicted octanol–water partition coefficient (Wildman–Crippen LogP) is 1.70. The molecule has 1 aromatic heterocycles. The Kier molecular flexibility index (Phi) is 3.54. The topological polar surface area (TPSA) is 52.2 Å². The summed E-state index contributed by atoms with van der Waals surface area (Å²) >= 11 is 0. The molecule has 110 valence electrons. The number of carbonyl (C=O) groups excluding carboxylic acids is 1. The number of piperidine rings is 1. The minimum absolute atomic E-state index is 0.160. The summed E-state index contributed by atoms with van der Waals surface area (Å²) in [5.41, 5.74) is 1.72. The van der Waals surface area contributed by atoms with Gasteiger partial charge in [0.05, 0.1) is 17.5 Å². The van der Waals surface area contributed by atoms with Crippen molar-refractivity contribution >= 4 is 5.91 Å². The molecule has 1 aromatic rings. The van der Waals surface area contributed by atoms with Crippen LogP contribution in [0.3, 0.4) is 0 Å². The van der Waals surface area contributed by atoms with Gasteiger partial charge in [-0.1, -0.05) is 13.8 Å². The molecule has 2 saturated heterocycles. The zero-order chi connectivity index (χ0) is 14.3. The highest BCUT2D eigenvalue weighted by atomic mass is 16.2. The number of hydrogen-bond acceptors (Lipinski definition) is 3. The molecule has 2 fully saturated rings. The van der Waals surface area contributed by atoms with Gasteiger partial charge < -0.3 is 9.80 Å². The van der Waals surface area contributed by atoms with Crippen LogP contribution >= 0.6 is 0 Å². The number of aromatic amines is 1. The Balaban J connectivity index is 1.84. The normalized spacial score (nSPS) is 27.1. The van der Waals surface area contributed by atoms with Crippen LogP contribution in [-0.4, -0.2) is 58.6 Å². The Morgan fingerprint density at radius 1 is 1.45 bits per heavy atom. The number of likely N-dealkylation sites (N-methyl/N-ethyl adjacent to an activating group) is 1. The molecule has 2 atom stereocenters. The van der Waals surface area contributed by atoms with Gasteiger partial charge in [-0.3, -0.25) is 9.89 Å². The molecule has 2 aliphatic rings. The highest BCUT2D eigenvalue weighted by molar-refractivity contribution is 5.95. The first kappa shape index (κ1) is 13.6. The van der Waals surface area contributed by atoms with E-state index >= 15 is 0 Å². The van der Waals surface area contributed by atoms with Gasteiger partial charge in [-0.2, -0.15) is 5.10 Å². The SMILES string of the molecule is CC(C)c1[nH]ncc1C(=O)N1CCC[C@H]2CN(C)C[C@H]21. The third kappa shape index (κ3) is 2.24. The second-order valence-corrected chi connectivity index (χ2v) is 6.54. The molecule has 3 heterocycles. The maximum atomic E-state index is 12.9. The van der Waals surface area contributed by atoms with Crippen molar-refractivity contribution in [1.82, 2.24) is 20.0 Å². The molecule has 20 heavy (non-hydrogen) atoms. The summed E-state index contributed by atoms with van der Waals surface area (Å²) in [6.07, 6.45) is 4.07. The van der Waals surface area contributed by atoms with E-state index < -0.39 is 0 Å². The molecule has 3 rings (SSSR count). The Bertz CT molecular complexity index is 496. The van der Waals surface area contributed by atoms with Crippen LogP contribution in [0.5, 0.6) is 0 Å². The number of likely N-dealkylation sites (tertiary alicyclic amines) is 2. The van der Waals surface area contributed by atoms with Crippen LogP contribution in [0.1, 0.15) is 48.7 Å². The lowest BCUT2D eigenvalue weighted by molar-refractivity contribution is 0.0570. The zero-order valence-corrected chi connectivity index (χ0v) is 12.6. The van der Waals surface area contributed by atoms with Crippen LogP contribution in [-0.2, 0) is 0 Å². The van der Waals surface area contributed by atoms with Crippen LogP contribution < -0.4 is 0 Å². The van der Waals surface area contributed by atoms with Crippen molar-refractivity contribution < 1.29 is 4.79 Å². The summed E-state index contributed by atoms with van der Waals surface area (Å²) in [6, 6.07) is 0.385. The summed E-state index contributed by atoms with van der Waals surface area (Å²) in [4.78, 5) is 17.3. The van der Waals surface area contributed by atoms with Gasteiger partial charge in [-0.05, 0) is 31.7 Å². The van der Waals surface area contributed by atoms with Gasteiger partial charge in [-0.25, -0.2) is 0 Å². The predicted molar refractivity (Wildman–Crippen MR) is 77.7 cm³/mol. The standard InChI is InChI=1S/C15H24N4O/c1-10(2)14-12(7-16-17-14)15(20)19-6-4-5-11-8-18(3)9-13(11)19/h7,10-11,13H,4-6,8-9H2,1-3H3,(H,16,17)/t11-,13+/m0/s1. The molecular weight excluding hydrogens is 252 g/mol. The van der Waals surface area contributed by atoms with Crippen molar-refractivity contribution in [3.63, 3.8) is 0 Å². The third-order valence-electron chi connectivity index (χ3n) is 4.70. The van der Waals surface area contributed by atoms with Gasteiger partial charge in [0, 0.05) is 25.7 Å². The summed E-state index contributed by atoms with van der Waals surface area (Å²) in [5, 5.41) is 7.06. The molecule has 5 heteroatoms. The third-order valence-corrected chi connectivity index (χ3v) is 4.70. The summed E-state index contributed by atoms with van der Waals surface area (Å²) < 4.78 is 0. The second-order valence-electron chi connectivity index (χ2n) is 6.54. The molecule has 0 aromatic carbocycles. The van der Waals surface area contributed by atoms with E-state index in [1.807, 2.05) is 0 Å². The summed E-state index contributed by atoms with van der Waals surface area (Å²) in [5.74, 6) is 1.10. The fourth-order valence-electron chi connectivity index (χ4n) is 3.70. The van der Waals surface area contributed by atoms with Crippen molar-refractivity contribution in [3.8, 4) is 0 Å². The Morgan fingerprint density at radius 2 is 2.25 bits per heavy atom. The number of hydrogen-bond donors (Lipinski definition) is 1. The van der Waals surface area contributed by atoms with Crippen LogP contribution in [0.15, 0.2) is 6.20 Å². The molecule has 1 amide bonds. The highest BCUT2D eigenvalue weighted by Gasteiger charge is 2.40. The quantitative estimate of drug-likeness (QED) is 0.894. The van der Waals surface area contributed by atoms with Crippen molar-refractivity contribution in [2.45, 2.75) is 38.6 Å². The van der Waals surface area contributed by atoms with Gasteiger partial charge in [0.25, 0.3) is 5.91 Å². The molecule has 0 radical (unpaired) electrons. The number of amides is 1. The molecular formula is C15H24N4O. The van der Waals surface area contributed by atoms with Crippen LogP contribution in [0, 0.1) is 5.92 Å². The molecule has 0 unspecified atom stereocenters. The van der Waals surface area contributed by atoms with Crippen LogP contribution in [0.25, 0.3) is 0 Å². The van der Waals surface area contributed by atoms with E-state index in [1.165, 1.54) is 6.42 Å². The molecule has 0 spiro atoms. The van der Waals surface area contributed by atoms with Crippen LogP contribution in [0.4, 0.5) is 0 Å². The van der Waals surface area contributed by atoms with Gasteiger partial charge >= 0.3 is 0 Å². The number of fused-ring (bicyclic) bond motifs is 1. The maximum Gasteiger partial charge on any atom is 0.257 e. The molecule has 0 saturated carbocycles. The minimum Gasteiger partial charge on any atom is -0.334 e. The molecule has 0 bridgehead atoms. The van der Waals surface area contributed by atoms with Gasteiger partial charge in [0.1, 0.15) is 0 Å². The number of H-pyrrole nitrogens is 1. The first-order valence-electron chi connectivity index (χ1n) is 7.60. The van der Waals surface area contributed by atoms with Crippen molar-refractivity contribution in [2.75, 3.05) is 26.7 Å². The van der Waals surface area contributed by atoms with Gasteiger partial charge in [0.2, 0.25) is 0 Å². The smallest absolute Gasteiger partial charge is 0.257 e. The summed E-state index contributed by atoms with van der Waals surface area (Å²) in [6.45, 7) is 7.19. The summed E-state index contributed by atoms with van der Waals surface area (Å²) in [7, 11) is 2.15. The van der Waals surface area contributed by atoms with Crippen LogP contribution in [0.2, 0.25) is 0 Å². The minimum atomic E-state index is 0.160. The lowest BCUT2D eigenvalue weighted by Gasteiger charge is -2.37. The van der Waals surface area contributed by atoms with E-state index in [9.17, 15) is 4.79 Å². The Hall–Kier alpha value is -1.36. The van der Waals surface area contributed by atoms with Crippen molar-refractivity contribution in [1.29, 1.82) is 0 Å². The number of aromatic nitrogens is 2. The zero-order valence-electron chi connectivity index (χ0n) is 12.6. The van der Waals surface area contributed by atoms with Gasteiger partial charge in [0.15, 0.2) is 0 Å². The van der Waals surface area contributed by atoms with Crippen molar-refractivity contribution in [3.05, 3.63) is 17.5 Å². The first-order valence-corrected chi connectivity index (χ1v) is 7.60. The molecule has 0 aliphatic carbocycles. The Morgan fingerprint density at radius 3 is 3.00 bits per heavy atom. The van der Waals surface area contributed by atoms with E-state index in [1.54, 1.807) is 6.20 Å². The second kappa shape index (κ2) is 5.20. The number of rotatable bonds is 2. The van der Waals surface area contributed by atoms with Gasteiger partial charge in [-0.15, -0.1) is 0 Å². The molecule has 5 nitrogen and oxygen atoms in total. The lowest BCUT2D eigenvalue weighted by atomic mass is 9.91. The lowest BCUT2D eigenvalue weighted by Crippen LogP contribution is -2.48.